The van der Waals surface area contributed by atoms with Crippen LogP contribution < -0.4 is 4.74 Å². The Morgan fingerprint density at radius 1 is 1.14 bits per heavy atom. The third-order valence-corrected chi connectivity index (χ3v) is 5.11. The Hall–Kier alpha value is -2.77. The summed E-state index contributed by atoms with van der Waals surface area (Å²) in [4.78, 5) is 16.4. The van der Waals surface area contributed by atoms with E-state index in [0.29, 0.717) is 17.4 Å². The van der Waals surface area contributed by atoms with Crippen molar-refractivity contribution in [2.75, 3.05) is 12.9 Å². The van der Waals surface area contributed by atoms with E-state index in [0.717, 1.165) is 16.9 Å². The van der Waals surface area contributed by atoms with Crippen LogP contribution in [0.2, 0.25) is 0 Å². The molecule has 0 bridgehead atoms. The molecule has 0 fully saturated rings. The molecule has 0 radical (unpaired) electrons. The van der Waals surface area contributed by atoms with E-state index < -0.39 is 0 Å². The molecule has 0 aliphatic heterocycles. The van der Waals surface area contributed by atoms with Gasteiger partial charge in [-0.1, -0.05) is 60.3 Å². The molecule has 0 spiro atoms. The molecule has 1 N–H and O–H groups in total. The molecule has 0 unspecified atom stereocenters. The van der Waals surface area contributed by atoms with Crippen LogP contribution in [0.25, 0.3) is 0 Å². The van der Waals surface area contributed by atoms with E-state index in [2.05, 4.69) is 4.98 Å². The van der Waals surface area contributed by atoms with Crippen LogP contribution in [0, 0.1) is 0 Å². The van der Waals surface area contributed by atoms with Crippen LogP contribution in [0.5, 0.6) is 5.75 Å². The maximum Gasteiger partial charge on any atom is 0.316 e. The predicted molar refractivity (Wildman–Crippen MR) is 107 cm³/mol. The Balaban J connectivity index is 1.64. The first kappa shape index (κ1) is 20.0. The Labute approximate surface area is 168 Å². The highest BCUT2D eigenvalue weighted by Crippen LogP contribution is 2.24. The van der Waals surface area contributed by atoms with Crippen molar-refractivity contribution < 1.29 is 19.4 Å². The second kappa shape index (κ2) is 9.96. The zero-order valence-electron chi connectivity index (χ0n) is 15.6. The molecule has 28 heavy (non-hydrogen) atoms. The largest absolute Gasteiger partial charge is 0.496 e. The van der Waals surface area contributed by atoms with Crippen molar-refractivity contribution in [1.29, 1.82) is 0 Å². The number of carbonyl (C=O) groups excluding carboxylic acids is 1. The number of rotatable bonds is 9. The quantitative estimate of drug-likeness (QED) is 0.441. The summed E-state index contributed by atoms with van der Waals surface area (Å²) in [6.07, 6.45) is 1.62. The normalized spacial score (nSPS) is 10.6. The third kappa shape index (κ3) is 5.15. The molecule has 0 aliphatic carbocycles. The van der Waals surface area contributed by atoms with E-state index in [4.69, 9.17) is 9.47 Å². The van der Waals surface area contributed by atoms with Crippen LogP contribution in [-0.4, -0.2) is 33.5 Å². The molecule has 0 atom stereocenters. The number of esters is 1. The third-order valence-electron chi connectivity index (χ3n) is 4.15. The maximum atomic E-state index is 12.1. The summed E-state index contributed by atoms with van der Waals surface area (Å²) in [5.41, 5.74) is 2.58. The fourth-order valence-corrected chi connectivity index (χ4v) is 3.50. The average molecular weight is 398 g/mol. The Bertz CT molecular complexity index is 912. The molecule has 1 aromatic heterocycles. The summed E-state index contributed by atoms with van der Waals surface area (Å²) in [6.45, 7) is 0.597. The highest BCUT2D eigenvalue weighted by molar-refractivity contribution is 7.99. The fourth-order valence-electron chi connectivity index (χ4n) is 2.71. The number of nitrogens with zero attached hydrogens (tertiary/aromatic N) is 2. The van der Waals surface area contributed by atoms with E-state index in [1.54, 1.807) is 13.3 Å². The van der Waals surface area contributed by atoms with Crippen molar-refractivity contribution in [1.82, 2.24) is 9.55 Å². The zero-order chi connectivity index (χ0) is 19.8. The van der Waals surface area contributed by atoms with Crippen molar-refractivity contribution in [3.8, 4) is 5.75 Å². The van der Waals surface area contributed by atoms with E-state index >= 15 is 0 Å². The van der Waals surface area contributed by atoms with Crippen molar-refractivity contribution in [3.05, 3.63) is 77.6 Å². The van der Waals surface area contributed by atoms with Crippen LogP contribution >= 0.6 is 11.8 Å². The number of benzene rings is 2. The molecule has 0 aliphatic rings. The lowest BCUT2D eigenvalue weighted by Crippen LogP contribution is -2.10. The summed E-state index contributed by atoms with van der Waals surface area (Å²) in [7, 11) is 1.62. The second-order valence-corrected chi connectivity index (χ2v) is 6.97. The predicted octanol–water partition coefficient (Wildman–Crippen LogP) is 3.27. The molecule has 0 saturated heterocycles. The molecular weight excluding hydrogens is 376 g/mol. The topological polar surface area (TPSA) is 73.6 Å². The first-order chi connectivity index (χ1) is 13.7. The van der Waals surface area contributed by atoms with Gasteiger partial charge in [0, 0.05) is 5.56 Å². The van der Waals surface area contributed by atoms with Gasteiger partial charge in [0.25, 0.3) is 0 Å². The minimum absolute atomic E-state index is 0.138. The van der Waals surface area contributed by atoms with Gasteiger partial charge in [0.15, 0.2) is 5.16 Å². The lowest BCUT2D eigenvalue weighted by atomic mass is 10.2. The van der Waals surface area contributed by atoms with Crippen molar-refractivity contribution in [3.63, 3.8) is 0 Å². The van der Waals surface area contributed by atoms with Crippen LogP contribution in [0.15, 0.2) is 66.0 Å². The van der Waals surface area contributed by atoms with E-state index in [1.165, 1.54) is 11.8 Å². The smallest absolute Gasteiger partial charge is 0.316 e. The zero-order valence-corrected chi connectivity index (χ0v) is 16.4. The molecule has 7 heteroatoms. The summed E-state index contributed by atoms with van der Waals surface area (Å²) in [5, 5.41) is 10.3. The summed E-state index contributed by atoms with van der Waals surface area (Å²) < 4.78 is 12.6. The monoisotopic (exact) mass is 398 g/mol. The lowest BCUT2D eigenvalue weighted by Gasteiger charge is -2.13. The average Bonchev–Trinajstić information content (AvgIpc) is 3.13. The first-order valence-electron chi connectivity index (χ1n) is 8.80. The van der Waals surface area contributed by atoms with Crippen molar-refractivity contribution >= 4 is 17.7 Å². The number of para-hydroxylation sites is 1. The second-order valence-electron chi connectivity index (χ2n) is 6.02. The van der Waals surface area contributed by atoms with E-state index in [9.17, 15) is 9.90 Å². The molecular formula is C21H22N2O4S. The summed E-state index contributed by atoms with van der Waals surface area (Å²) in [6, 6.07) is 17.2. The molecule has 146 valence electrons. The molecule has 1 heterocycles. The summed E-state index contributed by atoms with van der Waals surface area (Å²) >= 11 is 1.28. The number of hydrogen-bond acceptors (Lipinski definition) is 6. The van der Waals surface area contributed by atoms with Gasteiger partial charge in [0.2, 0.25) is 0 Å². The maximum absolute atomic E-state index is 12.1. The van der Waals surface area contributed by atoms with E-state index in [1.807, 2.05) is 59.2 Å². The number of thioether (sulfide) groups is 1. The van der Waals surface area contributed by atoms with Crippen LogP contribution in [0.3, 0.4) is 0 Å². The minimum Gasteiger partial charge on any atom is -0.496 e. The molecule has 0 amide bonds. The standard InChI is InChI=1S/C21H22N2O4S/c1-26-19-10-6-5-9-17(19)12-23-18(13-24)11-22-21(23)28-15-20(25)27-14-16-7-3-2-4-8-16/h2-11,24H,12-15H2,1H3. The van der Waals surface area contributed by atoms with Gasteiger partial charge < -0.3 is 19.1 Å². The molecule has 3 rings (SSSR count). The van der Waals surface area contributed by atoms with Crippen LogP contribution in [0.4, 0.5) is 0 Å². The van der Waals surface area contributed by atoms with Crippen LogP contribution in [-0.2, 0) is 29.3 Å². The molecule has 3 aromatic rings. The number of imidazole rings is 1. The number of aliphatic hydroxyl groups is 1. The number of carbonyl (C=O) groups is 1. The Morgan fingerprint density at radius 3 is 2.64 bits per heavy atom. The van der Waals surface area contributed by atoms with Gasteiger partial charge in [-0.15, -0.1) is 0 Å². The minimum atomic E-state index is -0.314. The Kier molecular flexibility index (Phi) is 7.11. The lowest BCUT2D eigenvalue weighted by molar-refractivity contribution is -0.141. The number of ether oxygens (including phenoxy) is 2. The highest BCUT2D eigenvalue weighted by Gasteiger charge is 2.14. The summed E-state index contributed by atoms with van der Waals surface area (Å²) in [5.74, 6) is 0.588. The fraction of sp³-hybridized carbons (Fsp3) is 0.238. The van der Waals surface area contributed by atoms with Gasteiger partial charge in [-0.05, 0) is 11.6 Å². The first-order valence-corrected chi connectivity index (χ1v) is 9.79. The van der Waals surface area contributed by atoms with Crippen LogP contribution in [0.1, 0.15) is 16.8 Å². The van der Waals surface area contributed by atoms with Crippen molar-refractivity contribution in [2.45, 2.75) is 24.9 Å². The van der Waals surface area contributed by atoms with E-state index in [-0.39, 0.29) is 24.9 Å². The highest BCUT2D eigenvalue weighted by atomic mass is 32.2. The van der Waals surface area contributed by atoms with Gasteiger partial charge in [-0.25, -0.2) is 4.98 Å². The number of aromatic nitrogens is 2. The SMILES string of the molecule is COc1ccccc1Cn1c(CO)cnc1SCC(=O)OCc1ccccc1. The number of hydrogen-bond donors (Lipinski definition) is 1. The Morgan fingerprint density at radius 2 is 1.89 bits per heavy atom. The molecule has 6 nitrogen and oxygen atoms in total. The van der Waals surface area contributed by atoms with Gasteiger partial charge in [-0.2, -0.15) is 0 Å². The number of methoxy groups -OCH3 is 1. The van der Waals surface area contributed by atoms with Gasteiger partial charge in [-0.3, -0.25) is 4.79 Å². The van der Waals surface area contributed by atoms with Gasteiger partial charge in [0.05, 0.1) is 37.9 Å². The van der Waals surface area contributed by atoms with Gasteiger partial charge in [0.1, 0.15) is 12.4 Å². The molecule has 2 aromatic carbocycles. The molecule has 0 saturated carbocycles. The van der Waals surface area contributed by atoms with Gasteiger partial charge >= 0.3 is 5.97 Å². The van der Waals surface area contributed by atoms with Crippen molar-refractivity contribution in [2.24, 2.45) is 0 Å². The number of aliphatic hydroxyl groups excluding tert-OH is 1.